The summed E-state index contributed by atoms with van der Waals surface area (Å²) >= 11 is -1.48. The van der Waals surface area contributed by atoms with Gasteiger partial charge in [0, 0.05) is 41.5 Å². The summed E-state index contributed by atoms with van der Waals surface area (Å²) in [4.78, 5) is 8.60. The van der Waals surface area contributed by atoms with Gasteiger partial charge in [0.25, 0.3) is 0 Å². The molecule has 4 aromatic rings. The molecule has 0 aliphatic carbocycles. The molecule has 1 atom stereocenters. The van der Waals surface area contributed by atoms with Crippen molar-refractivity contribution in [1.29, 1.82) is 0 Å². The van der Waals surface area contributed by atoms with E-state index in [1.54, 1.807) is 16.7 Å². The highest BCUT2D eigenvalue weighted by Gasteiger charge is 2.39. The standard InChI is InChI=1S/C27H28F3N3O3S/c1-16(2)17-7-9-18(10-8-17)25-32-23-22(27(28,29)30)20(14-19-6-5-11-31-26(19)37(4)35)15-21(36-3)24(23)33(25)12-13-34/h5-11,15-16,34H,12-14H2,1-4H3. The van der Waals surface area contributed by atoms with E-state index in [0.29, 0.717) is 22.9 Å². The van der Waals surface area contributed by atoms with Gasteiger partial charge in [-0.15, -0.1) is 0 Å². The van der Waals surface area contributed by atoms with Crippen LogP contribution in [0, 0.1) is 0 Å². The highest BCUT2D eigenvalue weighted by molar-refractivity contribution is 7.90. The first kappa shape index (κ1) is 27.0. The normalized spacial score (nSPS) is 12.9. The predicted molar refractivity (Wildman–Crippen MR) is 137 cm³/mol. The molecule has 0 spiro atoms. The first-order chi connectivity index (χ1) is 17.6. The number of rotatable bonds is 8. The lowest BCUT2D eigenvalue weighted by molar-refractivity contribution is -0.137. The van der Waals surface area contributed by atoms with Crippen LogP contribution in [0.4, 0.5) is 13.2 Å². The first-order valence-corrected chi connectivity index (χ1v) is 13.3. The molecule has 0 saturated heterocycles. The second-order valence-corrected chi connectivity index (χ2v) is 10.3. The van der Waals surface area contributed by atoms with Crippen LogP contribution in [0.5, 0.6) is 5.75 Å². The number of aliphatic hydroxyl groups excluding tert-OH is 1. The number of ether oxygens (including phenoxy) is 1. The zero-order chi connectivity index (χ0) is 26.9. The third-order valence-electron chi connectivity index (χ3n) is 6.23. The molecule has 0 radical (unpaired) electrons. The number of imidazole rings is 1. The minimum Gasteiger partial charge on any atom is -0.610 e. The minimum absolute atomic E-state index is 0.0341. The van der Waals surface area contributed by atoms with Gasteiger partial charge in [-0.3, -0.25) is 0 Å². The molecule has 0 fully saturated rings. The van der Waals surface area contributed by atoms with Crippen LogP contribution in [0.15, 0.2) is 53.7 Å². The summed E-state index contributed by atoms with van der Waals surface area (Å²) in [5.74, 6) is 0.795. The van der Waals surface area contributed by atoms with E-state index in [1.165, 1.54) is 25.6 Å². The van der Waals surface area contributed by atoms with E-state index in [-0.39, 0.29) is 46.9 Å². The number of pyridine rings is 1. The summed E-state index contributed by atoms with van der Waals surface area (Å²) in [6, 6.07) is 12.1. The molecule has 1 N–H and O–H groups in total. The number of hydrogen-bond donors (Lipinski definition) is 1. The summed E-state index contributed by atoms with van der Waals surface area (Å²) in [5.41, 5.74) is 1.08. The fourth-order valence-corrected chi connectivity index (χ4v) is 5.24. The highest BCUT2D eigenvalue weighted by atomic mass is 32.2. The minimum atomic E-state index is -4.73. The molecule has 2 aromatic heterocycles. The van der Waals surface area contributed by atoms with Gasteiger partial charge < -0.3 is 19.0 Å². The van der Waals surface area contributed by atoms with Crippen LogP contribution in [0.1, 0.15) is 42.0 Å². The Morgan fingerprint density at radius 3 is 2.41 bits per heavy atom. The quantitative estimate of drug-likeness (QED) is 0.301. The van der Waals surface area contributed by atoms with E-state index in [2.05, 4.69) is 23.8 Å². The van der Waals surface area contributed by atoms with E-state index in [1.807, 2.05) is 24.3 Å². The van der Waals surface area contributed by atoms with Gasteiger partial charge in [0.1, 0.15) is 28.9 Å². The van der Waals surface area contributed by atoms with Crippen molar-refractivity contribution in [1.82, 2.24) is 14.5 Å². The van der Waals surface area contributed by atoms with Gasteiger partial charge >= 0.3 is 6.18 Å². The molecule has 37 heavy (non-hydrogen) atoms. The van der Waals surface area contributed by atoms with Crippen molar-refractivity contribution in [3.8, 4) is 17.1 Å². The van der Waals surface area contributed by atoms with Gasteiger partial charge in [0.2, 0.25) is 5.03 Å². The van der Waals surface area contributed by atoms with Gasteiger partial charge in [-0.05, 0) is 29.2 Å². The molecule has 1 unspecified atom stereocenters. The van der Waals surface area contributed by atoms with E-state index in [0.717, 1.165) is 5.56 Å². The highest BCUT2D eigenvalue weighted by Crippen LogP contribution is 2.43. The van der Waals surface area contributed by atoms with Gasteiger partial charge in [0.15, 0.2) is 0 Å². The summed E-state index contributed by atoms with van der Waals surface area (Å²) in [6.07, 6.45) is -1.99. The molecule has 0 aliphatic rings. The molecule has 0 aliphatic heterocycles. The average Bonchev–Trinajstić information content (AvgIpc) is 3.22. The first-order valence-electron chi connectivity index (χ1n) is 11.7. The summed E-state index contributed by atoms with van der Waals surface area (Å²) in [7, 11) is 1.38. The molecule has 2 aromatic carbocycles. The monoisotopic (exact) mass is 531 g/mol. The molecule has 0 saturated carbocycles. The maximum absolute atomic E-state index is 14.6. The van der Waals surface area contributed by atoms with Gasteiger partial charge in [-0.2, -0.15) is 13.2 Å². The number of benzene rings is 2. The number of halogens is 3. The second kappa shape index (κ2) is 10.7. The molecule has 0 bridgehead atoms. The maximum Gasteiger partial charge on any atom is 0.418 e. The number of nitrogens with zero attached hydrogens (tertiary/aromatic N) is 3. The van der Waals surface area contributed by atoms with Crippen molar-refractivity contribution in [2.75, 3.05) is 20.0 Å². The number of alkyl halides is 3. The molecular formula is C27H28F3N3O3S. The lowest BCUT2D eigenvalue weighted by Crippen LogP contribution is -2.13. The van der Waals surface area contributed by atoms with Crippen LogP contribution in [0.3, 0.4) is 0 Å². The lowest BCUT2D eigenvalue weighted by Gasteiger charge is -2.17. The Bertz CT molecular complexity index is 1400. The Kier molecular flexibility index (Phi) is 7.82. The molecule has 2 heterocycles. The molecule has 6 nitrogen and oxygen atoms in total. The average molecular weight is 532 g/mol. The Balaban J connectivity index is 2.01. The lowest BCUT2D eigenvalue weighted by atomic mass is 9.98. The van der Waals surface area contributed by atoms with Crippen molar-refractivity contribution < 1.29 is 27.6 Å². The largest absolute Gasteiger partial charge is 0.610 e. The van der Waals surface area contributed by atoms with Crippen LogP contribution >= 0.6 is 0 Å². The topological polar surface area (TPSA) is 83.2 Å². The SMILES string of the molecule is COc1cc(Cc2cccnc2[S+](C)[O-])c(C(F)(F)F)c2nc(-c3ccc(C(C)C)cc3)n(CCO)c12. The van der Waals surface area contributed by atoms with Crippen LogP contribution in [0.2, 0.25) is 0 Å². The Morgan fingerprint density at radius 2 is 1.84 bits per heavy atom. The summed E-state index contributed by atoms with van der Waals surface area (Å²) in [6.45, 7) is 3.85. The fourth-order valence-electron chi connectivity index (χ4n) is 4.52. The van der Waals surface area contributed by atoms with Crippen LogP contribution in [-0.4, -0.2) is 44.2 Å². The van der Waals surface area contributed by atoms with Gasteiger partial charge in [-0.25, -0.2) is 9.97 Å². The number of hydrogen-bond acceptors (Lipinski definition) is 5. The van der Waals surface area contributed by atoms with Crippen molar-refractivity contribution in [2.45, 2.75) is 43.9 Å². The van der Waals surface area contributed by atoms with Crippen molar-refractivity contribution >= 4 is 22.2 Å². The van der Waals surface area contributed by atoms with Crippen molar-refractivity contribution in [2.24, 2.45) is 0 Å². The molecule has 0 amide bonds. The smallest absolute Gasteiger partial charge is 0.418 e. The van der Waals surface area contributed by atoms with Gasteiger partial charge in [-0.1, -0.05) is 44.2 Å². The molecular weight excluding hydrogens is 503 g/mol. The Hall–Kier alpha value is -3.08. The predicted octanol–water partition coefficient (Wildman–Crippen LogP) is 5.57. The zero-order valence-corrected chi connectivity index (χ0v) is 21.8. The number of aromatic nitrogens is 3. The third-order valence-corrected chi connectivity index (χ3v) is 7.14. The zero-order valence-electron chi connectivity index (χ0n) is 21.0. The third kappa shape index (κ3) is 5.32. The Morgan fingerprint density at radius 1 is 1.14 bits per heavy atom. The van der Waals surface area contributed by atoms with Crippen LogP contribution < -0.4 is 4.74 Å². The molecule has 196 valence electrons. The molecule has 4 rings (SSSR count). The summed E-state index contributed by atoms with van der Waals surface area (Å²) < 4.78 is 63.2. The number of fused-ring (bicyclic) bond motifs is 1. The molecule has 10 heteroatoms. The van der Waals surface area contributed by atoms with Gasteiger partial charge in [0.05, 0.1) is 19.3 Å². The van der Waals surface area contributed by atoms with E-state index in [4.69, 9.17) is 4.74 Å². The summed E-state index contributed by atoms with van der Waals surface area (Å²) in [5, 5.41) is 9.99. The fraction of sp³-hybridized carbons (Fsp3) is 0.333. The van der Waals surface area contributed by atoms with Crippen molar-refractivity contribution in [3.05, 3.63) is 70.9 Å². The van der Waals surface area contributed by atoms with E-state index < -0.39 is 22.9 Å². The van der Waals surface area contributed by atoms with E-state index in [9.17, 15) is 22.8 Å². The van der Waals surface area contributed by atoms with Crippen LogP contribution in [-0.2, 0) is 30.3 Å². The van der Waals surface area contributed by atoms with E-state index >= 15 is 0 Å². The Labute approximate surface area is 216 Å². The maximum atomic E-state index is 14.6. The van der Waals surface area contributed by atoms with Crippen LogP contribution in [0.25, 0.3) is 22.4 Å². The number of methoxy groups -OCH3 is 1. The van der Waals surface area contributed by atoms with Crippen molar-refractivity contribution in [3.63, 3.8) is 0 Å². The number of aliphatic hydroxyl groups is 1. The second-order valence-electron chi connectivity index (χ2n) is 8.99.